The summed E-state index contributed by atoms with van der Waals surface area (Å²) in [4.78, 5) is 30.0. The minimum absolute atomic E-state index is 0.0774. The number of pyridine rings is 1. The summed E-state index contributed by atoms with van der Waals surface area (Å²) in [6.07, 6.45) is 0. The first-order chi connectivity index (χ1) is 12.4. The van der Waals surface area contributed by atoms with Gasteiger partial charge < -0.3 is 9.88 Å². The number of nitrogens with zero attached hydrogens (tertiary/aromatic N) is 1. The molecule has 0 unspecified atom stereocenters. The lowest BCUT2D eigenvalue weighted by atomic mass is 10.1. The van der Waals surface area contributed by atoms with E-state index in [0.717, 1.165) is 16.5 Å². The Balaban J connectivity index is 1.99. The molecule has 26 heavy (non-hydrogen) atoms. The van der Waals surface area contributed by atoms with Crippen molar-refractivity contribution in [3.63, 3.8) is 0 Å². The van der Waals surface area contributed by atoms with Crippen molar-refractivity contribution >= 4 is 28.4 Å². The summed E-state index contributed by atoms with van der Waals surface area (Å²) in [6, 6.07) is 14.6. The minimum Gasteiger partial charge on any atom is -0.332 e. The molecule has 0 spiro atoms. The monoisotopic (exact) mass is 368 g/mol. The van der Waals surface area contributed by atoms with Gasteiger partial charge in [0.05, 0.1) is 17.1 Å². The molecule has 0 saturated carbocycles. The summed E-state index contributed by atoms with van der Waals surface area (Å²) in [6.45, 7) is 6.08. The number of nitrogens with one attached hydrogen (secondary N) is 1. The molecular weight excluding hydrogens is 348 g/mol. The van der Waals surface area contributed by atoms with Crippen LogP contribution in [-0.2, 0) is 6.54 Å². The molecule has 2 aromatic carbocycles. The van der Waals surface area contributed by atoms with Crippen molar-refractivity contribution in [2.75, 3.05) is 0 Å². The Kier molecular flexibility index (Phi) is 5.14. The van der Waals surface area contributed by atoms with E-state index in [0.29, 0.717) is 16.1 Å². The number of aromatic nitrogens is 1. The molecule has 0 aliphatic carbocycles. The van der Waals surface area contributed by atoms with E-state index in [2.05, 4.69) is 4.98 Å². The second kappa shape index (κ2) is 7.34. The van der Waals surface area contributed by atoms with Gasteiger partial charge in [-0.15, -0.1) is 0 Å². The van der Waals surface area contributed by atoms with Crippen LogP contribution in [-0.4, -0.2) is 21.8 Å². The maximum atomic E-state index is 13.0. The van der Waals surface area contributed by atoms with Crippen molar-refractivity contribution in [3.05, 3.63) is 80.6 Å². The number of fused-ring (bicyclic) bond motifs is 1. The van der Waals surface area contributed by atoms with Crippen LogP contribution in [0, 0.1) is 6.92 Å². The number of aryl methyl sites for hydroxylation is 1. The second-order valence-corrected chi connectivity index (χ2v) is 7.13. The molecule has 3 aromatic rings. The number of rotatable bonds is 4. The summed E-state index contributed by atoms with van der Waals surface area (Å²) in [5.74, 6) is -0.186. The normalized spacial score (nSPS) is 11.1. The van der Waals surface area contributed by atoms with Crippen LogP contribution in [0.3, 0.4) is 0 Å². The van der Waals surface area contributed by atoms with Gasteiger partial charge in [0.25, 0.3) is 11.5 Å². The molecular formula is C21H21ClN2O2. The standard InChI is InChI=1S/C21H21ClN2O2/c1-13(2)24(21(26)17-6-4-5-7-18(17)22)12-16-11-15-10-14(3)8-9-19(15)23-20(16)25/h4-11,13H,12H2,1-3H3,(H,23,25). The van der Waals surface area contributed by atoms with E-state index < -0.39 is 0 Å². The number of hydrogen-bond acceptors (Lipinski definition) is 2. The van der Waals surface area contributed by atoms with Crippen molar-refractivity contribution in [2.24, 2.45) is 0 Å². The molecule has 0 bridgehead atoms. The zero-order valence-electron chi connectivity index (χ0n) is 15.0. The van der Waals surface area contributed by atoms with E-state index in [1.165, 1.54) is 0 Å². The third-order valence-corrected chi connectivity index (χ3v) is 4.74. The zero-order chi connectivity index (χ0) is 18.8. The number of H-pyrrole nitrogens is 1. The van der Waals surface area contributed by atoms with Crippen LogP contribution < -0.4 is 5.56 Å². The Morgan fingerprint density at radius 3 is 2.58 bits per heavy atom. The van der Waals surface area contributed by atoms with E-state index in [4.69, 9.17) is 11.6 Å². The Labute approximate surface area is 157 Å². The molecule has 1 amide bonds. The first-order valence-corrected chi connectivity index (χ1v) is 8.92. The van der Waals surface area contributed by atoms with Crippen LogP contribution in [0.1, 0.15) is 35.3 Å². The lowest BCUT2D eigenvalue weighted by Crippen LogP contribution is -2.38. The minimum atomic E-state index is -0.186. The highest BCUT2D eigenvalue weighted by Crippen LogP contribution is 2.20. The Morgan fingerprint density at radius 1 is 1.15 bits per heavy atom. The lowest BCUT2D eigenvalue weighted by molar-refractivity contribution is 0.0690. The van der Waals surface area contributed by atoms with Crippen molar-refractivity contribution in [3.8, 4) is 0 Å². The molecule has 1 N–H and O–H groups in total. The highest BCUT2D eigenvalue weighted by molar-refractivity contribution is 6.33. The second-order valence-electron chi connectivity index (χ2n) is 6.72. The summed E-state index contributed by atoms with van der Waals surface area (Å²) in [7, 11) is 0. The summed E-state index contributed by atoms with van der Waals surface area (Å²) < 4.78 is 0. The van der Waals surface area contributed by atoms with Crippen molar-refractivity contribution in [1.29, 1.82) is 0 Å². The van der Waals surface area contributed by atoms with E-state index >= 15 is 0 Å². The molecule has 0 aliphatic heterocycles. The number of halogens is 1. The predicted octanol–water partition coefficient (Wildman–Crippen LogP) is 4.54. The molecule has 0 saturated heterocycles. The van der Waals surface area contributed by atoms with Gasteiger partial charge >= 0.3 is 0 Å². The maximum absolute atomic E-state index is 13.0. The summed E-state index contributed by atoms with van der Waals surface area (Å²) >= 11 is 6.18. The first-order valence-electron chi connectivity index (χ1n) is 8.55. The molecule has 3 rings (SSSR count). The van der Waals surface area contributed by atoms with Crippen LogP contribution in [0.2, 0.25) is 5.02 Å². The third kappa shape index (κ3) is 3.65. The quantitative estimate of drug-likeness (QED) is 0.735. The highest BCUT2D eigenvalue weighted by atomic mass is 35.5. The molecule has 134 valence electrons. The first kappa shape index (κ1) is 18.2. The fourth-order valence-electron chi connectivity index (χ4n) is 2.95. The summed E-state index contributed by atoms with van der Waals surface area (Å²) in [5.41, 5.74) is 2.72. The van der Waals surface area contributed by atoms with Gasteiger partial charge in [0.1, 0.15) is 0 Å². The Hall–Kier alpha value is -2.59. The van der Waals surface area contributed by atoms with Gasteiger partial charge in [-0.05, 0) is 56.5 Å². The van der Waals surface area contributed by atoms with Gasteiger partial charge in [0, 0.05) is 17.1 Å². The van der Waals surface area contributed by atoms with Crippen molar-refractivity contribution in [2.45, 2.75) is 33.4 Å². The molecule has 5 heteroatoms. The van der Waals surface area contributed by atoms with Crippen molar-refractivity contribution in [1.82, 2.24) is 9.88 Å². The number of amides is 1. The predicted molar refractivity (Wildman–Crippen MR) is 106 cm³/mol. The SMILES string of the molecule is Cc1ccc2[nH]c(=O)c(CN(C(=O)c3ccccc3Cl)C(C)C)cc2c1. The van der Waals surface area contributed by atoms with Gasteiger partial charge in [0.15, 0.2) is 0 Å². The number of benzene rings is 2. The number of carbonyl (C=O) groups is 1. The van der Waals surface area contributed by atoms with Crippen LogP contribution in [0.15, 0.2) is 53.3 Å². The molecule has 0 atom stereocenters. The fourth-order valence-corrected chi connectivity index (χ4v) is 3.17. The average molecular weight is 369 g/mol. The summed E-state index contributed by atoms with van der Waals surface area (Å²) in [5, 5.41) is 1.36. The van der Waals surface area contributed by atoms with Gasteiger partial charge in [0.2, 0.25) is 0 Å². The van der Waals surface area contributed by atoms with Crippen LogP contribution in [0.4, 0.5) is 0 Å². The fraction of sp³-hybridized carbons (Fsp3) is 0.238. The molecule has 0 radical (unpaired) electrons. The molecule has 1 aromatic heterocycles. The van der Waals surface area contributed by atoms with E-state index in [-0.39, 0.29) is 24.1 Å². The average Bonchev–Trinajstić information content (AvgIpc) is 2.59. The van der Waals surface area contributed by atoms with Gasteiger partial charge in [-0.25, -0.2) is 0 Å². The Bertz CT molecular complexity index is 1020. The van der Waals surface area contributed by atoms with Crippen LogP contribution in [0.25, 0.3) is 10.9 Å². The zero-order valence-corrected chi connectivity index (χ0v) is 15.8. The van der Waals surface area contributed by atoms with Gasteiger partial charge in [-0.2, -0.15) is 0 Å². The number of carbonyl (C=O) groups excluding carboxylic acids is 1. The topological polar surface area (TPSA) is 53.2 Å². The van der Waals surface area contributed by atoms with Crippen molar-refractivity contribution < 1.29 is 4.79 Å². The van der Waals surface area contributed by atoms with E-state index in [9.17, 15) is 9.59 Å². The van der Waals surface area contributed by atoms with E-state index in [1.54, 1.807) is 29.2 Å². The smallest absolute Gasteiger partial charge is 0.255 e. The number of hydrogen-bond donors (Lipinski definition) is 1. The maximum Gasteiger partial charge on any atom is 0.255 e. The molecule has 4 nitrogen and oxygen atoms in total. The largest absolute Gasteiger partial charge is 0.332 e. The van der Waals surface area contributed by atoms with Gasteiger partial charge in [-0.1, -0.05) is 35.4 Å². The molecule has 0 fully saturated rings. The third-order valence-electron chi connectivity index (χ3n) is 4.41. The Morgan fingerprint density at radius 2 is 1.88 bits per heavy atom. The van der Waals surface area contributed by atoms with Crippen LogP contribution >= 0.6 is 11.6 Å². The van der Waals surface area contributed by atoms with Gasteiger partial charge in [-0.3, -0.25) is 9.59 Å². The molecule has 1 heterocycles. The molecule has 0 aliphatic rings. The van der Waals surface area contributed by atoms with Crippen LogP contribution in [0.5, 0.6) is 0 Å². The number of aromatic amines is 1. The van der Waals surface area contributed by atoms with E-state index in [1.807, 2.05) is 45.0 Å². The lowest BCUT2D eigenvalue weighted by Gasteiger charge is -2.27. The highest BCUT2D eigenvalue weighted by Gasteiger charge is 2.22.